The number of benzene rings is 2. The highest BCUT2D eigenvalue weighted by Gasteiger charge is 2.10. The molecule has 0 fully saturated rings. The van der Waals surface area contributed by atoms with Gasteiger partial charge in [0.25, 0.3) is 0 Å². The van der Waals surface area contributed by atoms with Gasteiger partial charge in [-0.3, -0.25) is 4.79 Å². The summed E-state index contributed by atoms with van der Waals surface area (Å²) in [7, 11) is 0. The maximum atomic E-state index is 12.4. The van der Waals surface area contributed by atoms with Gasteiger partial charge in [0.15, 0.2) is 0 Å². The van der Waals surface area contributed by atoms with E-state index in [4.69, 9.17) is 4.42 Å². The van der Waals surface area contributed by atoms with Gasteiger partial charge in [0.2, 0.25) is 5.91 Å². The summed E-state index contributed by atoms with van der Waals surface area (Å²) in [6.45, 7) is 6.45. The predicted molar refractivity (Wildman–Crippen MR) is 113 cm³/mol. The van der Waals surface area contributed by atoms with E-state index >= 15 is 0 Å². The Bertz CT molecular complexity index is 996. The second-order valence-corrected chi connectivity index (χ2v) is 6.89. The van der Waals surface area contributed by atoms with Crippen LogP contribution >= 0.6 is 0 Å². The van der Waals surface area contributed by atoms with Crippen LogP contribution in [0.25, 0.3) is 11.0 Å². The minimum atomic E-state index is -0.428. The zero-order valence-electron chi connectivity index (χ0n) is 16.4. The number of aryl methyl sites for hydroxylation is 1. The Hall–Kier alpha value is -3.08. The van der Waals surface area contributed by atoms with Crippen LogP contribution in [0.1, 0.15) is 24.5 Å². The molecule has 146 valence electrons. The average molecular weight is 378 g/mol. The van der Waals surface area contributed by atoms with E-state index in [0.717, 1.165) is 30.5 Å². The molecule has 3 rings (SSSR count). The highest BCUT2D eigenvalue weighted by molar-refractivity contribution is 5.87. The summed E-state index contributed by atoms with van der Waals surface area (Å²) >= 11 is 0. The SMILES string of the molecule is CCN(CCCNC(=O)Cc1cc(=O)oc2cc(C)ccc12)c1ccccc1. The summed E-state index contributed by atoms with van der Waals surface area (Å²) in [5.41, 5.74) is 2.99. The molecule has 0 bridgehead atoms. The molecule has 0 saturated carbocycles. The molecule has 0 atom stereocenters. The molecule has 1 N–H and O–H groups in total. The molecule has 0 aliphatic heterocycles. The Kier molecular flexibility index (Phi) is 6.48. The van der Waals surface area contributed by atoms with Gasteiger partial charge in [-0.05, 0) is 49.6 Å². The smallest absolute Gasteiger partial charge is 0.336 e. The summed E-state index contributed by atoms with van der Waals surface area (Å²) in [6, 6.07) is 17.3. The van der Waals surface area contributed by atoms with E-state index in [-0.39, 0.29) is 12.3 Å². The summed E-state index contributed by atoms with van der Waals surface area (Å²) in [4.78, 5) is 26.4. The molecule has 3 aromatic rings. The van der Waals surface area contributed by atoms with Crippen LogP contribution in [0.4, 0.5) is 5.69 Å². The second-order valence-electron chi connectivity index (χ2n) is 6.89. The van der Waals surface area contributed by atoms with Crippen molar-refractivity contribution in [2.45, 2.75) is 26.7 Å². The number of hydrogen-bond donors (Lipinski definition) is 1. The van der Waals surface area contributed by atoms with E-state index in [1.807, 2.05) is 43.3 Å². The fourth-order valence-electron chi connectivity index (χ4n) is 3.33. The molecule has 1 amide bonds. The van der Waals surface area contributed by atoms with Crippen LogP contribution in [0, 0.1) is 6.92 Å². The summed E-state index contributed by atoms with van der Waals surface area (Å²) < 4.78 is 5.25. The van der Waals surface area contributed by atoms with Crippen molar-refractivity contribution < 1.29 is 9.21 Å². The van der Waals surface area contributed by atoms with Gasteiger partial charge >= 0.3 is 5.63 Å². The molecule has 0 aliphatic rings. The number of rotatable bonds is 8. The van der Waals surface area contributed by atoms with Crippen molar-refractivity contribution in [3.63, 3.8) is 0 Å². The van der Waals surface area contributed by atoms with Crippen LogP contribution in [-0.4, -0.2) is 25.5 Å². The van der Waals surface area contributed by atoms with Gasteiger partial charge < -0.3 is 14.6 Å². The van der Waals surface area contributed by atoms with Gasteiger partial charge in [-0.1, -0.05) is 30.3 Å². The largest absolute Gasteiger partial charge is 0.423 e. The quantitative estimate of drug-likeness (QED) is 0.480. The number of para-hydroxylation sites is 1. The van der Waals surface area contributed by atoms with E-state index in [2.05, 4.69) is 29.3 Å². The molecule has 5 heteroatoms. The number of nitrogens with zero attached hydrogens (tertiary/aromatic N) is 1. The minimum Gasteiger partial charge on any atom is -0.423 e. The van der Waals surface area contributed by atoms with E-state index in [1.54, 1.807) is 0 Å². The van der Waals surface area contributed by atoms with Crippen LogP contribution in [0.5, 0.6) is 0 Å². The van der Waals surface area contributed by atoms with E-state index in [9.17, 15) is 9.59 Å². The molecule has 28 heavy (non-hydrogen) atoms. The molecule has 0 aliphatic carbocycles. The fraction of sp³-hybridized carbons (Fsp3) is 0.304. The first-order valence-electron chi connectivity index (χ1n) is 9.67. The molecule has 1 heterocycles. The van der Waals surface area contributed by atoms with Crippen molar-refractivity contribution in [1.29, 1.82) is 0 Å². The monoisotopic (exact) mass is 378 g/mol. The maximum absolute atomic E-state index is 12.4. The highest BCUT2D eigenvalue weighted by Crippen LogP contribution is 2.19. The summed E-state index contributed by atoms with van der Waals surface area (Å²) in [5.74, 6) is -0.0877. The van der Waals surface area contributed by atoms with E-state index in [0.29, 0.717) is 17.7 Å². The lowest BCUT2D eigenvalue weighted by Gasteiger charge is -2.23. The third-order valence-corrected chi connectivity index (χ3v) is 4.77. The number of hydrogen-bond acceptors (Lipinski definition) is 4. The molecule has 0 spiro atoms. The first-order chi connectivity index (χ1) is 13.6. The molecule has 0 unspecified atom stereocenters. The van der Waals surface area contributed by atoms with Gasteiger partial charge in [0.05, 0.1) is 6.42 Å². The normalized spacial score (nSPS) is 10.8. The van der Waals surface area contributed by atoms with Crippen molar-refractivity contribution in [2.24, 2.45) is 0 Å². The second kappa shape index (κ2) is 9.22. The Labute approximate surface area is 165 Å². The minimum absolute atomic E-state index is 0.0877. The number of nitrogens with one attached hydrogen (secondary N) is 1. The number of anilines is 1. The zero-order valence-corrected chi connectivity index (χ0v) is 16.4. The van der Waals surface area contributed by atoms with E-state index in [1.165, 1.54) is 11.8 Å². The van der Waals surface area contributed by atoms with Crippen molar-refractivity contribution in [2.75, 3.05) is 24.5 Å². The first kappa shape index (κ1) is 19.7. The average Bonchev–Trinajstić information content (AvgIpc) is 2.68. The van der Waals surface area contributed by atoms with Crippen LogP contribution < -0.4 is 15.8 Å². The number of fused-ring (bicyclic) bond motifs is 1. The van der Waals surface area contributed by atoms with Crippen LogP contribution in [0.3, 0.4) is 0 Å². The Morgan fingerprint density at radius 1 is 1.11 bits per heavy atom. The van der Waals surface area contributed by atoms with Crippen LogP contribution in [-0.2, 0) is 11.2 Å². The Morgan fingerprint density at radius 3 is 2.64 bits per heavy atom. The van der Waals surface area contributed by atoms with Gasteiger partial charge in [-0.25, -0.2) is 4.79 Å². The summed E-state index contributed by atoms with van der Waals surface area (Å²) in [6.07, 6.45) is 1.02. The lowest BCUT2D eigenvalue weighted by atomic mass is 10.1. The first-order valence-corrected chi connectivity index (χ1v) is 9.67. The molecular formula is C23H26N2O3. The van der Waals surface area contributed by atoms with Crippen molar-refractivity contribution in [3.05, 3.63) is 76.1 Å². The molecule has 1 aromatic heterocycles. The van der Waals surface area contributed by atoms with Gasteiger partial charge in [-0.2, -0.15) is 0 Å². The van der Waals surface area contributed by atoms with Gasteiger partial charge in [0, 0.05) is 36.8 Å². The van der Waals surface area contributed by atoms with Crippen molar-refractivity contribution in [1.82, 2.24) is 5.32 Å². The lowest BCUT2D eigenvalue weighted by molar-refractivity contribution is -0.120. The van der Waals surface area contributed by atoms with Crippen LogP contribution in [0.15, 0.2) is 63.8 Å². The van der Waals surface area contributed by atoms with Gasteiger partial charge in [0.1, 0.15) is 5.58 Å². The van der Waals surface area contributed by atoms with Crippen molar-refractivity contribution >= 4 is 22.6 Å². The molecule has 5 nitrogen and oxygen atoms in total. The third-order valence-electron chi connectivity index (χ3n) is 4.77. The Balaban J connectivity index is 1.55. The zero-order chi connectivity index (χ0) is 19.9. The standard InChI is InChI=1S/C23H26N2O3/c1-3-25(19-8-5-4-6-9-19)13-7-12-24-22(26)15-18-16-23(27)28-21-14-17(2)10-11-20(18)21/h4-6,8-11,14,16H,3,7,12-13,15H2,1-2H3,(H,24,26). The van der Waals surface area contributed by atoms with Crippen molar-refractivity contribution in [3.8, 4) is 0 Å². The van der Waals surface area contributed by atoms with Crippen LogP contribution in [0.2, 0.25) is 0 Å². The summed E-state index contributed by atoms with van der Waals surface area (Å²) in [5, 5.41) is 3.77. The highest BCUT2D eigenvalue weighted by atomic mass is 16.4. The number of carbonyl (C=O) groups is 1. The molecular weight excluding hydrogens is 352 g/mol. The predicted octanol–water partition coefficient (Wildman–Crippen LogP) is 3.68. The Morgan fingerprint density at radius 2 is 1.89 bits per heavy atom. The fourth-order valence-corrected chi connectivity index (χ4v) is 3.33. The molecule has 0 radical (unpaired) electrons. The maximum Gasteiger partial charge on any atom is 0.336 e. The molecule has 0 saturated heterocycles. The third kappa shape index (κ3) is 5.00. The lowest BCUT2D eigenvalue weighted by Crippen LogP contribution is -2.30. The van der Waals surface area contributed by atoms with E-state index < -0.39 is 5.63 Å². The number of amides is 1. The number of carbonyl (C=O) groups excluding carboxylic acids is 1. The topological polar surface area (TPSA) is 62.6 Å². The van der Waals surface area contributed by atoms with Gasteiger partial charge in [-0.15, -0.1) is 0 Å². The molecule has 2 aromatic carbocycles.